The summed E-state index contributed by atoms with van der Waals surface area (Å²) in [6.45, 7) is 0.813. The first-order valence-corrected chi connectivity index (χ1v) is 8.87. The number of ether oxygens (including phenoxy) is 1. The Morgan fingerprint density at radius 2 is 1.67 bits per heavy atom. The van der Waals surface area contributed by atoms with E-state index >= 15 is 0 Å². The zero-order valence-electron chi connectivity index (χ0n) is 14.6. The molecule has 3 aromatic rings. The minimum atomic E-state index is -0.227. The third kappa shape index (κ3) is 5.46. The van der Waals surface area contributed by atoms with E-state index in [0.29, 0.717) is 23.9 Å². The summed E-state index contributed by atoms with van der Waals surface area (Å²) < 4.78 is 7.05. The number of hydrogen-bond acceptors (Lipinski definition) is 3. The molecule has 0 fully saturated rings. The molecule has 1 heterocycles. The summed E-state index contributed by atoms with van der Waals surface area (Å²) in [5, 5.41) is 3.28. The van der Waals surface area contributed by atoms with Crippen molar-refractivity contribution in [3.8, 4) is 5.75 Å². The zero-order valence-corrected chi connectivity index (χ0v) is 15.4. The van der Waals surface area contributed by atoms with E-state index in [1.807, 2.05) is 30.3 Å². The summed E-state index contributed by atoms with van der Waals surface area (Å²) in [5.41, 5.74) is 1.94. The molecule has 0 spiro atoms. The Balaban J connectivity index is 1.48. The highest BCUT2D eigenvalue weighted by Crippen LogP contribution is 2.22. The van der Waals surface area contributed by atoms with Crippen molar-refractivity contribution in [3.63, 3.8) is 0 Å². The molecule has 0 unspecified atom stereocenters. The van der Waals surface area contributed by atoms with Gasteiger partial charge in [0.25, 0.3) is 11.5 Å². The molecular weight excluding hydrogens is 364 g/mol. The van der Waals surface area contributed by atoms with E-state index in [1.165, 1.54) is 6.07 Å². The molecule has 2 aromatic carbocycles. The Kier molecular flexibility index (Phi) is 6.28. The molecule has 5 nitrogen and oxygen atoms in total. The predicted molar refractivity (Wildman–Crippen MR) is 105 cm³/mol. The molecule has 1 N–H and O–H groups in total. The second-order valence-electron chi connectivity index (χ2n) is 5.98. The number of carbonyl (C=O) groups is 1. The number of rotatable bonds is 7. The number of pyridine rings is 1. The Labute approximate surface area is 162 Å². The second kappa shape index (κ2) is 9.05. The van der Waals surface area contributed by atoms with Crippen LogP contribution in [0.5, 0.6) is 5.75 Å². The number of amides is 1. The topological polar surface area (TPSA) is 60.3 Å². The highest BCUT2D eigenvalue weighted by molar-refractivity contribution is 6.32. The molecule has 0 saturated heterocycles. The maximum absolute atomic E-state index is 11.9. The molecule has 0 atom stereocenters. The van der Waals surface area contributed by atoms with Gasteiger partial charge in [0.05, 0.1) is 11.6 Å². The number of nitrogens with one attached hydrogen (secondary N) is 1. The van der Waals surface area contributed by atoms with Crippen LogP contribution in [0.15, 0.2) is 77.7 Å². The summed E-state index contributed by atoms with van der Waals surface area (Å²) in [5.74, 6) is 0.254. The van der Waals surface area contributed by atoms with Gasteiger partial charge in [-0.15, -0.1) is 0 Å². The van der Waals surface area contributed by atoms with Crippen molar-refractivity contribution in [1.29, 1.82) is 0 Å². The maximum atomic E-state index is 11.9. The Morgan fingerprint density at radius 3 is 2.41 bits per heavy atom. The van der Waals surface area contributed by atoms with Crippen LogP contribution in [0.2, 0.25) is 5.02 Å². The molecule has 1 amide bonds. The summed E-state index contributed by atoms with van der Waals surface area (Å²) in [6, 6.07) is 19.9. The van der Waals surface area contributed by atoms with Gasteiger partial charge in [0, 0.05) is 18.8 Å². The molecule has 0 bridgehead atoms. The average Bonchev–Trinajstić information content (AvgIpc) is 2.68. The fourth-order valence-corrected chi connectivity index (χ4v) is 2.70. The van der Waals surface area contributed by atoms with Gasteiger partial charge in [0.15, 0.2) is 6.61 Å². The van der Waals surface area contributed by atoms with Crippen LogP contribution in [0.3, 0.4) is 0 Å². The fourth-order valence-electron chi connectivity index (χ4n) is 2.51. The summed E-state index contributed by atoms with van der Waals surface area (Å²) in [6.07, 6.45) is 1.76. The van der Waals surface area contributed by atoms with Gasteiger partial charge in [-0.05, 0) is 29.3 Å². The molecule has 0 radical (unpaired) electrons. The SMILES string of the molecule is O=C(COc1ccccc1Cl)NCc1ccc(Cn2ccccc2=O)cc1. The number of halogens is 1. The van der Waals surface area contributed by atoms with E-state index in [1.54, 1.807) is 41.1 Å². The molecule has 0 aliphatic heterocycles. The lowest BCUT2D eigenvalue weighted by Gasteiger charge is -2.09. The third-order valence-corrected chi connectivity index (χ3v) is 4.27. The lowest BCUT2D eigenvalue weighted by molar-refractivity contribution is -0.123. The van der Waals surface area contributed by atoms with Crippen LogP contribution in [0.1, 0.15) is 11.1 Å². The third-order valence-electron chi connectivity index (χ3n) is 3.96. The van der Waals surface area contributed by atoms with Crippen LogP contribution in [0.25, 0.3) is 0 Å². The van der Waals surface area contributed by atoms with Gasteiger partial charge in [0.1, 0.15) is 5.75 Å². The number of benzene rings is 2. The zero-order chi connectivity index (χ0) is 19.1. The van der Waals surface area contributed by atoms with E-state index in [0.717, 1.165) is 11.1 Å². The number of nitrogens with zero attached hydrogens (tertiary/aromatic N) is 1. The second-order valence-corrected chi connectivity index (χ2v) is 6.39. The van der Waals surface area contributed by atoms with Gasteiger partial charge < -0.3 is 14.6 Å². The van der Waals surface area contributed by atoms with Crippen molar-refractivity contribution in [2.45, 2.75) is 13.1 Å². The molecule has 0 saturated carbocycles. The number of para-hydroxylation sites is 1. The van der Waals surface area contributed by atoms with Gasteiger partial charge >= 0.3 is 0 Å². The van der Waals surface area contributed by atoms with Gasteiger partial charge in [-0.1, -0.05) is 54.1 Å². The Bertz CT molecular complexity index is 967. The minimum absolute atomic E-state index is 0.0349. The lowest BCUT2D eigenvalue weighted by Crippen LogP contribution is -2.28. The van der Waals surface area contributed by atoms with Gasteiger partial charge in [-0.25, -0.2) is 0 Å². The van der Waals surface area contributed by atoms with Crippen molar-refractivity contribution in [3.05, 3.63) is 99.4 Å². The smallest absolute Gasteiger partial charge is 0.258 e. The van der Waals surface area contributed by atoms with E-state index in [9.17, 15) is 9.59 Å². The van der Waals surface area contributed by atoms with E-state index < -0.39 is 0 Å². The van der Waals surface area contributed by atoms with E-state index in [2.05, 4.69) is 5.32 Å². The van der Waals surface area contributed by atoms with Crippen LogP contribution in [0.4, 0.5) is 0 Å². The van der Waals surface area contributed by atoms with Crippen LogP contribution in [-0.2, 0) is 17.9 Å². The normalized spacial score (nSPS) is 10.4. The van der Waals surface area contributed by atoms with Crippen LogP contribution >= 0.6 is 11.6 Å². The quantitative estimate of drug-likeness (QED) is 0.682. The Morgan fingerprint density at radius 1 is 0.963 bits per heavy atom. The summed E-state index contributed by atoms with van der Waals surface area (Å²) in [4.78, 5) is 23.7. The summed E-state index contributed by atoms with van der Waals surface area (Å²) >= 11 is 5.99. The molecule has 27 heavy (non-hydrogen) atoms. The average molecular weight is 383 g/mol. The monoisotopic (exact) mass is 382 g/mol. The standard InChI is InChI=1S/C21H19ClN2O3/c22-18-5-1-2-6-19(18)27-15-20(25)23-13-16-8-10-17(11-9-16)14-24-12-4-3-7-21(24)26/h1-12H,13-15H2,(H,23,25). The molecule has 0 aliphatic carbocycles. The van der Waals surface area contributed by atoms with Crippen molar-refractivity contribution in [2.75, 3.05) is 6.61 Å². The van der Waals surface area contributed by atoms with Crippen LogP contribution < -0.4 is 15.6 Å². The first-order valence-electron chi connectivity index (χ1n) is 8.49. The van der Waals surface area contributed by atoms with E-state index in [-0.39, 0.29) is 18.1 Å². The maximum Gasteiger partial charge on any atom is 0.258 e. The lowest BCUT2D eigenvalue weighted by atomic mass is 10.1. The first-order chi connectivity index (χ1) is 13.1. The Hall–Kier alpha value is -3.05. The molecular formula is C21H19ClN2O3. The largest absolute Gasteiger partial charge is 0.482 e. The van der Waals surface area contributed by atoms with Crippen molar-refractivity contribution < 1.29 is 9.53 Å². The van der Waals surface area contributed by atoms with Crippen molar-refractivity contribution >= 4 is 17.5 Å². The van der Waals surface area contributed by atoms with Crippen LogP contribution in [0, 0.1) is 0 Å². The molecule has 3 rings (SSSR count). The fraction of sp³-hybridized carbons (Fsp3) is 0.143. The number of carbonyl (C=O) groups excluding carboxylic acids is 1. The highest BCUT2D eigenvalue weighted by Gasteiger charge is 2.05. The van der Waals surface area contributed by atoms with Crippen LogP contribution in [-0.4, -0.2) is 17.1 Å². The minimum Gasteiger partial charge on any atom is -0.482 e. The molecule has 138 valence electrons. The van der Waals surface area contributed by atoms with Crippen molar-refractivity contribution in [1.82, 2.24) is 9.88 Å². The first kappa shape index (κ1) is 18.7. The predicted octanol–water partition coefficient (Wildman–Crippen LogP) is 3.25. The molecule has 1 aromatic heterocycles. The van der Waals surface area contributed by atoms with Gasteiger partial charge in [-0.2, -0.15) is 0 Å². The number of hydrogen-bond donors (Lipinski definition) is 1. The molecule has 0 aliphatic rings. The summed E-state index contributed by atoms with van der Waals surface area (Å²) in [7, 11) is 0. The van der Waals surface area contributed by atoms with E-state index in [4.69, 9.17) is 16.3 Å². The van der Waals surface area contributed by atoms with Gasteiger partial charge in [0.2, 0.25) is 0 Å². The molecule has 6 heteroatoms. The van der Waals surface area contributed by atoms with Gasteiger partial charge in [-0.3, -0.25) is 9.59 Å². The van der Waals surface area contributed by atoms with Crippen molar-refractivity contribution in [2.24, 2.45) is 0 Å². The highest BCUT2D eigenvalue weighted by atomic mass is 35.5. The number of aromatic nitrogens is 1.